The van der Waals surface area contributed by atoms with Crippen LogP contribution in [0.1, 0.15) is 11.3 Å². The fraction of sp³-hybridized carbons (Fsp3) is 0.250. The molecule has 0 unspecified atom stereocenters. The molecule has 0 atom stereocenters. The molecular formula is C12H12ClNO2. The van der Waals surface area contributed by atoms with Crippen molar-refractivity contribution in [3.05, 3.63) is 38.6 Å². The molecule has 1 N–H and O–H groups in total. The van der Waals surface area contributed by atoms with E-state index in [-0.39, 0.29) is 5.43 Å². The summed E-state index contributed by atoms with van der Waals surface area (Å²) in [7, 11) is 1.54. The second-order valence-corrected chi connectivity index (χ2v) is 4.11. The number of aromatic amines is 1. The first-order valence-electron chi connectivity index (χ1n) is 4.92. The molecular weight excluding hydrogens is 226 g/mol. The van der Waals surface area contributed by atoms with Crippen molar-refractivity contribution >= 4 is 22.5 Å². The number of rotatable bonds is 1. The third kappa shape index (κ3) is 1.48. The van der Waals surface area contributed by atoms with Crippen molar-refractivity contribution in [3.8, 4) is 5.75 Å². The number of ether oxygens (including phenoxy) is 1. The molecule has 2 rings (SSSR count). The smallest absolute Gasteiger partial charge is 0.196 e. The highest BCUT2D eigenvalue weighted by molar-refractivity contribution is 6.35. The van der Waals surface area contributed by atoms with Crippen LogP contribution in [0.3, 0.4) is 0 Å². The van der Waals surface area contributed by atoms with E-state index < -0.39 is 0 Å². The highest BCUT2D eigenvalue weighted by Crippen LogP contribution is 2.28. The first-order valence-corrected chi connectivity index (χ1v) is 5.29. The van der Waals surface area contributed by atoms with Crippen LogP contribution in [0, 0.1) is 13.8 Å². The number of halogens is 1. The summed E-state index contributed by atoms with van der Waals surface area (Å²) in [6.45, 7) is 3.64. The van der Waals surface area contributed by atoms with Gasteiger partial charge in [0.1, 0.15) is 5.75 Å². The number of aryl methyl sites for hydroxylation is 1. The summed E-state index contributed by atoms with van der Waals surface area (Å²) in [5, 5.41) is 1.04. The van der Waals surface area contributed by atoms with Crippen LogP contribution < -0.4 is 10.2 Å². The van der Waals surface area contributed by atoms with Gasteiger partial charge in [-0.2, -0.15) is 0 Å². The third-order valence-corrected chi connectivity index (χ3v) is 3.09. The van der Waals surface area contributed by atoms with E-state index in [1.165, 1.54) is 7.11 Å². The molecule has 1 aromatic heterocycles. The van der Waals surface area contributed by atoms with E-state index >= 15 is 0 Å². The number of methoxy groups -OCH3 is 1. The number of nitrogens with one attached hydrogen (secondary N) is 1. The van der Waals surface area contributed by atoms with Crippen LogP contribution in [-0.4, -0.2) is 12.1 Å². The van der Waals surface area contributed by atoms with Gasteiger partial charge in [-0.1, -0.05) is 11.6 Å². The monoisotopic (exact) mass is 237 g/mol. The molecule has 1 heterocycles. The molecule has 0 saturated heterocycles. The predicted octanol–water partition coefficient (Wildman–Crippen LogP) is 2.81. The Kier molecular flexibility index (Phi) is 2.64. The van der Waals surface area contributed by atoms with Crippen molar-refractivity contribution in [1.82, 2.24) is 4.98 Å². The Balaban J connectivity index is 3.06. The number of H-pyrrole nitrogens is 1. The fourth-order valence-electron chi connectivity index (χ4n) is 1.71. The molecule has 1 aromatic carbocycles. The van der Waals surface area contributed by atoms with E-state index in [4.69, 9.17) is 16.3 Å². The molecule has 0 spiro atoms. The van der Waals surface area contributed by atoms with Crippen molar-refractivity contribution in [3.63, 3.8) is 0 Å². The Morgan fingerprint density at radius 1 is 1.31 bits per heavy atom. The van der Waals surface area contributed by atoms with Crippen LogP contribution in [-0.2, 0) is 0 Å². The van der Waals surface area contributed by atoms with Gasteiger partial charge in [-0.3, -0.25) is 4.79 Å². The lowest BCUT2D eigenvalue weighted by Gasteiger charge is -2.09. The minimum Gasteiger partial charge on any atom is -0.496 e. The quantitative estimate of drug-likeness (QED) is 0.829. The van der Waals surface area contributed by atoms with Crippen LogP contribution in [0.25, 0.3) is 10.9 Å². The number of hydrogen-bond donors (Lipinski definition) is 1. The molecule has 0 aliphatic rings. The summed E-state index contributed by atoms with van der Waals surface area (Å²) < 4.78 is 5.18. The maximum absolute atomic E-state index is 12.1. The summed E-state index contributed by atoms with van der Waals surface area (Å²) in [6.07, 6.45) is 0. The largest absolute Gasteiger partial charge is 0.496 e. The summed E-state index contributed by atoms with van der Waals surface area (Å²) in [5.74, 6) is 0.545. The SMILES string of the molecule is COc1ccc(Cl)c2[nH]c(C)c(C)c(=O)c12. The molecule has 2 aromatic rings. The fourth-order valence-corrected chi connectivity index (χ4v) is 1.92. The van der Waals surface area contributed by atoms with Crippen LogP contribution >= 0.6 is 11.6 Å². The Hall–Kier alpha value is -1.48. The van der Waals surface area contributed by atoms with E-state index in [0.29, 0.717) is 27.2 Å². The van der Waals surface area contributed by atoms with Gasteiger partial charge in [-0.05, 0) is 26.0 Å². The number of pyridine rings is 1. The molecule has 0 radical (unpaired) electrons. The molecule has 0 bridgehead atoms. The van der Waals surface area contributed by atoms with Crippen molar-refractivity contribution in [1.29, 1.82) is 0 Å². The van der Waals surface area contributed by atoms with Crippen molar-refractivity contribution in [2.24, 2.45) is 0 Å². The van der Waals surface area contributed by atoms with Crippen molar-refractivity contribution in [2.75, 3.05) is 7.11 Å². The average Bonchev–Trinajstić information content (AvgIpc) is 2.27. The van der Waals surface area contributed by atoms with Gasteiger partial charge in [0.15, 0.2) is 5.43 Å². The van der Waals surface area contributed by atoms with Crippen LogP contribution in [0.2, 0.25) is 5.02 Å². The minimum absolute atomic E-state index is 0.0365. The normalized spacial score (nSPS) is 10.8. The van der Waals surface area contributed by atoms with Gasteiger partial charge in [0.2, 0.25) is 0 Å². The summed E-state index contributed by atoms with van der Waals surface area (Å²) >= 11 is 6.06. The standard InChI is InChI=1S/C12H12ClNO2/c1-6-7(2)14-11-8(13)4-5-9(16-3)10(11)12(6)15/h4-5H,1-3H3,(H,14,15). The first kappa shape index (κ1) is 11.0. The van der Waals surface area contributed by atoms with E-state index in [9.17, 15) is 4.79 Å². The first-order chi connectivity index (χ1) is 7.56. The van der Waals surface area contributed by atoms with E-state index in [0.717, 1.165) is 5.69 Å². The van der Waals surface area contributed by atoms with Crippen LogP contribution in [0.4, 0.5) is 0 Å². The second-order valence-electron chi connectivity index (χ2n) is 3.70. The number of hydrogen-bond acceptors (Lipinski definition) is 2. The van der Waals surface area contributed by atoms with Crippen molar-refractivity contribution < 1.29 is 4.74 Å². The predicted molar refractivity (Wildman–Crippen MR) is 65.6 cm³/mol. The zero-order valence-corrected chi connectivity index (χ0v) is 10.1. The lowest BCUT2D eigenvalue weighted by molar-refractivity contribution is 0.419. The molecule has 0 amide bonds. The van der Waals surface area contributed by atoms with Gasteiger partial charge in [-0.25, -0.2) is 0 Å². The molecule has 4 heteroatoms. The summed E-state index contributed by atoms with van der Waals surface area (Å²) in [6, 6.07) is 3.42. The lowest BCUT2D eigenvalue weighted by atomic mass is 10.1. The number of fused-ring (bicyclic) bond motifs is 1. The van der Waals surface area contributed by atoms with Crippen LogP contribution in [0.15, 0.2) is 16.9 Å². The van der Waals surface area contributed by atoms with E-state index in [1.54, 1.807) is 19.1 Å². The van der Waals surface area contributed by atoms with Crippen LogP contribution in [0.5, 0.6) is 5.75 Å². The molecule has 0 saturated carbocycles. The van der Waals surface area contributed by atoms with E-state index in [1.807, 2.05) is 6.92 Å². The van der Waals surface area contributed by atoms with Gasteiger partial charge < -0.3 is 9.72 Å². The summed E-state index contributed by atoms with van der Waals surface area (Å²) in [5.41, 5.74) is 2.11. The molecule has 16 heavy (non-hydrogen) atoms. The van der Waals surface area contributed by atoms with Gasteiger partial charge in [-0.15, -0.1) is 0 Å². The molecule has 0 aliphatic heterocycles. The zero-order valence-electron chi connectivity index (χ0n) is 9.35. The Bertz CT molecular complexity index is 616. The third-order valence-electron chi connectivity index (χ3n) is 2.78. The Labute approximate surface area is 98.0 Å². The molecule has 3 nitrogen and oxygen atoms in total. The van der Waals surface area contributed by atoms with Gasteiger partial charge in [0, 0.05) is 11.3 Å². The number of aromatic nitrogens is 1. The van der Waals surface area contributed by atoms with Gasteiger partial charge >= 0.3 is 0 Å². The highest BCUT2D eigenvalue weighted by Gasteiger charge is 2.12. The molecule has 84 valence electrons. The van der Waals surface area contributed by atoms with Gasteiger partial charge in [0.05, 0.1) is 23.0 Å². The summed E-state index contributed by atoms with van der Waals surface area (Å²) in [4.78, 5) is 15.3. The zero-order chi connectivity index (χ0) is 11.9. The van der Waals surface area contributed by atoms with Gasteiger partial charge in [0.25, 0.3) is 0 Å². The maximum Gasteiger partial charge on any atom is 0.196 e. The lowest BCUT2D eigenvalue weighted by Crippen LogP contribution is -2.10. The molecule has 0 fully saturated rings. The maximum atomic E-state index is 12.1. The Morgan fingerprint density at radius 3 is 2.62 bits per heavy atom. The topological polar surface area (TPSA) is 42.1 Å². The molecule has 0 aliphatic carbocycles. The average molecular weight is 238 g/mol. The number of benzene rings is 1. The second kappa shape index (κ2) is 3.83. The Morgan fingerprint density at radius 2 is 2.00 bits per heavy atom. The minimum atomic E-state index is -0.0365. The van der Waals surface area contributed by atoms with Crippen molar-refractivity contribution in [2.45, 2.75) is 13.8 Å². The van der Waals surface area contributed by atoms with E-state index in [2.05, 4.69) is 4.98 Å². The highest BCUT2D eigenvalue weighted by atomic mass is 35.5.